The highest BCUT2D eigenvalue weighted by molar-refractivity contribution is 6.31. The number of fused-ring (bicyclic) bond motifs is 1. The van der Waals surface area contributed by atoms with E-state index in [0.717, 1.165) is 50.3 Å². The van der Waals surface area contributed by atoms with E-state index in [-0.39, 0.29) is 11.5 Å². The Bertz CT molecular complexity index is 974. The number of rotatable bonds is 3. The molecule has 1 atom stereocenters. The molecule has 0 aromatic heterocycles. The van der Waals surface area contributed by atoms with Crippen molar-refractivity contribution in [3.8, 4) is 5.75 Å². The quantitative estimate of drug-likeness (QED) is 0.782. The maximum absolute atomic E-state index is 12.7. The summed E-state index contributed by atoms with van der Waals surface area (Å²) in [7, 11) is 1.72. The van der Waals surface area contributed by atoms with Crippen LogP contribution in [0.4, 0.5) is 5.69 Å². The Balaban J connectivity index is 1.25. The average Bonchev–Trinajstić information content (AvgIpc) is 3.08. The summed E-state index contributed by atoms with van der Waals surface area (Å²) in [6, 6.07) is 13.6. The molecule has 2 aromatic rings. The minimum atomic E-state index is -0.553. The number of hydrogen-bond donors (Lipinski definition) is 2. The third-order valence-electron chi connectivity index (χ3n) is 6.56. The molecule has 1 unspecified atom stereocenters. The topological polar surface area (TPSA) is 62.8 Å². The molecule has 3 heterocycles. The van der Waals surface area contributed by atoms with Gasteiger partial charge in [0.05, 0.1) is 24.9 Å². The van der Waals surface area contributed by atoms with Crippen LogP contribution >= 0.6 is 11.6 Å². The molecule has 5 rings (SSSR count). The molecule has 3 aliphatic heterocycles. The molecule has 0 bridgehead atoms. The fraction of sp³-hybridized carbons (Fsp3) is 0.435. The van der Waals surface area contributed by atoms with E-state index in [1.807, 2.05) is 24.3 Å². The van der Waals surface area contributed by atoms with E-state index in [2.05, 4.69) is 27.7 Å². The van der Waals surface area contributed by atoms with Gasteiger partial charge in [0.15, 0.2) is 0 Å². The molecule has 2 aromatic carbocycles. The van der Waals surface area contributed by atoms with Crippen LogP contribution in [0.1, 0.15) is 35.2 Å². The van der Waals surface area contributed by atoms with Crippen molar-refractivity contribution >= 4 is 23.2 Å². The molecule has 6 nitrogen and oxygen atoms in total. The highest BCUT2D eigenvalue weighted by atomic mass is 35.5. The summed E-state index contributed by atoms with van der Waals surface area (Å²) in [5, 5.41) is 7.23. The van der Waals surface area contributed by atoms with Crippen molar-refractivity contribution in [2.75, 3.05) is 32.1 Å². The highest BCUT2D eigenvalue weighted by Crippen LogP contribution is 2.43. The van der Waals surface area contributed by atoms with Crippen molar-refractivity contribution in [3.05, 3.63) is 58.6 Å². The maximum atomic E-state index is 12.7. The number of hydrogen-bond acceptors (Lipinski definition) is 5. The van der Waals surface area contributed by atoms with Gasteiger partial charge in [-0.25, -0.2) is 0 Å². The maximum Gasteiger partial charge on any atom is 0.255 e. The fourth-order valence-electron chi connectivity index (χ4n) is 4.99. The Morgan fingerprint density at radius 3 is 2.77 bits per heavy atom. The number of anilines is 1. The van der Waals surface area contributed by atoms with Crippen LogP contribution in [0, 0.1) is 0 Å². The summed E-state index contributed by atoms with van der Waals surface area (Å²) < 4.78 is 11.8. The lowest BCUT2D eigenvalue weighted by atomic mass is 9.84. The predicted molar refractivity (Wildman–Crippen MR) is 116 cm³/mol. The van der Waals surface area contributed by atoms with Gasteiger partial charge in [0.25, 0.3) is 5.91 Å². The molecule has 2 spiro atoms. The Kier molecular flexibility index (Phi) is 4.88. The molecule has 2 N–H and O–H groups in total. The SMILES string of the molecule is COc1ccccc1CN1CCC2(CC1)CC1(CO2)NC(=O)c2cc(Cl)ccc2N1. The van der Waals surface area contributed by atoms with E-state index in [0.29, 0.717) is 17.2 Å². The van der Waals surface area contributed by atoms with Gasteiger partial charge >= 0.3 is 0 Å². The van der Waals surface area contributed by atoms with Gasteiger partial charge in [-0.1, -0.05) is 29.8 Å². The van der Waals surface area contributed by atoms with Crippen molar-refractivity contribution < 1.29 is 14.3 Å². The van der Waals surface area contributed by atoms with Gasteiger partial charge in [0.1, 0.15) is 11.4 Å². The zero-order chi connectivity index (χ0) is 20.8. The first-order valence-corrected chi connectivity index (χ1v) is 10.8. The number of piperidine rings is 1. The van der Waals surface area contributed by atoms with E-state index < -0.39 is 5.66 Å². The average molecular weight is 428 g/mol. The molecule has 30 heavy (non-hydrogen) atoms. The second kappa shape index (κ2) is 7.45. The van der Waals surface area contributed by atoms with Crippen LogP contribution in [-0.4, -0.2) is 48.9 Å². The summed E-state index contributed by atoms with van der Waals surface area (Å²) in [6.45, 7) is 3.24. The molecule has 0 saturated carbocycles. The normalized spacial score (nSPS) is 25.1. The van der Waals surface area contributed by atoms with Gasteiger partial charge in [0, 0.05) is 42.3 Å². The molecule has 0 radical (unpaired) electrons. The number of nitrogens with one attached hydrogen (secondary N) is 2. The standard InChI is InChI=1S/C23H26ClN3O3/c1-29-20-5-3-2-4-16(20)13-27-10-8-22(9-11-27)14-23(15-30-22)25-19-7-6-17(24)12-18(19)21(28)26-23/h2-7,12,25H,8-11,13-15H2,1H3,(H,26,28). The molecule has 2 saturated heterocycles. The van der Waals surface area contributed by atoms with Crippen LogP contribution in [0.5, 0.6) is 5.75 Å². The van der Waals surface area contributed by atoms with Crippen LogP contribution in [0.25, 0.3) is 0 Å². The van der Waals surface area contributed by atoms with Crippen molar-refractivity contribution in [1.82, 2.24) is 10.2 Å². The van der Waals surface area contributed by atoms with Gasteiger partial charge in [-0.15, -0.1) is 0 Å². The smallest absolute Gasteiger partial charge is 0.255 e. The molecule has 7 heteroatoms. The summed E-state index contributed by atoms with van der Waals surface area (Å²) in [5.41, 5.74) is 1.85. The van der Waals surface area contributed by atoms with Crippen LogP contribution in [-0.2, 0) is 11.3 Å². The van der Waals surface area contributed by atoms with Crippen LogP contribution < -0.4 is 15.4 Å². The van der Waals surface area contributed by atoms with Crippen LogP contribution in [0.15, 0.2) is 42.5 Å². The number of nitrogens with zero attached hydrogens (tertiary/aromatic N) is 1. The summed E-state index contributed by atoms with van der Waals surface area (Å²) in [5.74, 6) is 0.835. The second-order valence-corrected chi connectivity index (χ2v) is 9.02. The van der Waals surface area contributed by atoms with E-state index >= 15 is 0 Å². The number of likely N-dealkylation sites (tertiary alicyclic amines) is 1. The molecule has 3 aliphatic rings. The van der Waals surface area contributed by atoms with E-state index in [9.17, 15) is 4.79 Å². The molecule has 2 fully saturated rings. The number of ether oxygens (including phenoxy) is 2. The number of halogens is 1. The summed E-state index contributed by atoms with van der Waals surface area (Å²) in [4.78, 5) is 15.1. The molecular formula is C23H26ClN3O3. The zero-order valence-corrected chi connectivity index (χ0v) is 17.8. The van der Waals surface area contributed by atoms with Crippen molar-refractivity contribution in [2.45, 2.75) is 37.1 Å². The number of amides is 1. The second-order valence-electron chi connectivity index (χ2n) is 8.59. The third-order valence-corrected chi connectivity index (χ3v) is 6.79. The van der Waals surface area contributed by atoms with Crippen molar-refractivity contribution in [1.29, 1.82) is 0 Å². The summed E-state index contributed by atoms with van der Waals surface area (Å²) >= 11 is 6.06. The van der Waals surface area contributed by atoms with Gasteiger partial charge in [-0.3, -0.25) is 9.69 Å². The number of benzene rings is 2. The lowest BCUT2D eigenvalue weighted by molar-refractivity contribution is -0.0453. The Morgan fingerprint density at radius 2 is 1.97 bits per heavy atom. The third kappa shape index (κ3) is 3.53. The van der Waals surface area contributed by atoms with Crippen molar-refractivity contribution in [3.63, 3.8) is 0 Å². The number of para-hydroxylation sites is 1. The highest BCUT2D eigenvalue weighted by Gasteiger charge is 2.53. The first-order valence-electron chi connectivity index (χ1n) is 10.4. The minimum absolute atomic E-state index is 0.0968. The van der Waals surface area contributed by atoms with Crippen molar-refractivity contribution in [2.24, 2.45) is 0 Å². The Hall–Kier alpha value is -2.28. The fourth-order valence-corrected chi connectivity index (χ4v) is 5.16. The van der Waals surface area contributed by atoms with E-state index in [4.69, 9.17) is 21.1 Å². The van der Waals surface area contributed by atoms with Gasteiger partial charge in [-0.2, -0.15) is 0 Å². The lowest BCUT2D eigenvalue weighted by Crippen LogP contribution is -2.59. The summed E-state index contributed by atoms with van der Waals surface area (Å²) in [6.07, 6.45) is 2.64. The molecule has 1 amide bonds. The van der Waals surface area contributed by atoms with Gasteiger partial charge in [-0.05, 0) is 37.1 Å². The first-order chi connectivity index (χ1) is 14.5. The first kappa shape index (κ1) is 19.7. The van der Waals surface area contributed by atoms with Gasteiger partial charge in [0.2, 0.25) is 0 Å². The van der Waals surface area contributed by atoms with E-state index in [1.54, 1.807) is 13.2 Å². The number of methoxy groups -OCH3 is 1. The number of carbonyl (C=O) groups is 1. The molecule has 158 valence electrons. The largest absolute Gasteiger partial charge is 0.496 e. The predicted octanol–water partition coefficient (Wildman–Crippen LogP) is 3.66. The Labute approximate surface area is 181 Å². The lowest BCUT2D eigenvalue weighted by Gasteiger charge is -2.41. The minimum Gasteiger partial charge on any atom is -0.496 e. The molecular weight excluding hydrogens is 402 g/mol. The van der Waals surface area contributed by atoms with E-state index in [1.165, 1.54) is 5.56 Å². The van der Waals surface area contributed by atoms with Gasteiger partial charge < -0.3 is 20.1 Å². The monoisotopic (exact) mass is 427 g/mol. The zero-order valence-electron chi connectivity index (χ0n) is 17.0. The van der Waals surface area contributed by atoms with Crippen LogP contribution in [0.2, 0.25) is 5.02 Å². The van der Waals surface area contributed by atoms with Crippen LogP contribution in [0.3, 0.4) is 0 Å². The Morgan fingerprint density at radius 1 is 1.17 bits per heavy atom. The molecule has 0 aliphatic carbocycles. The number of carbonyl (C=O) groups excluding carboxylic acids is 1.